The van der Waals surface area contributed by atoms with Crippen molar-refractivity contribution in [2.75, 3.05) is 32.6 Å². The van der Waals surface area contributed by atoms with Crippen molar-refractivity contribution in [1.29, 1.82) is 0 Å². The molecule has 2 saturated carbocycles. The number of carbonyl (C=O) groups excluding carboxylic acids is 1. The van der Waals surface area contributed by atoms with E-state index in [1.165, 1.54) is 12.8 Å². The maximum atomic E-state index is 12.8. The summed E-state index contributed by atoms with van der Waals surface area (Å²) in [5.41, 5.74) is 0.563. The predicted octanol–water partition coefficient (Wildman–Crippen LogP) is 2.35. The van der Waals surface area contributed by atoms with Gasteiger partial charge in [0.15, 0.2) is 11.5 Å². The van der Waals surface area contributed by atoms with Gasteiger partial charge in [-0.3, -0.25) is 4.79 Å². The molecule has 132 valence electrons. The van der Waals surface area contributed by atoms with Crippen molar-refractivity contribution in [1.82, 2.24) is 15.1 Å². The number of hydrogen-bond acceptors (Lipinski definition) is 5. The van der Waals surface area contributed by atoms with Gasteiger partial charge in [0.25, 0.3) is 5.91 Å². The Morgan fingerprint density at radius 3 is 2.50 bits per heavy atom. The van der Waals surface area contributed by atoms with Gasteiger partial charge in [0.2, 0.25) is 0 Å². The summed E-state index contributed by atoms with van der Waals surface area (Å²) in [5, 5.41) is 8.24. The van der Waals surface area contributed by atoms with Crippen molar-refractivity contribution >= 4 is 11.7 Å². The highest BCUT2D eigenvalue weighted by Crippen LogP contribution is 2.56. The third kappa shape index (κ3) is 2.77. The molecule has 0 aromatic carbocycles. The molecular formula is C18H28N4O2. The number of ether oxygens (including phenoxy) is 1. The lowest BCUT2D eigenvalue weighted by molar-refractivity contribution is -0.152. The van der Waals surface area contributed by atoms with Crippen molar-refractivity contribution < 1.29 is 9.53 Å². The summed E-state index contributed by atoms with van der Waals surface area (Å²) in [6, 6.07) is 3.85. The van der Waals surface area contributed by atoms with E-state index >= 15 is 0 Å². The molecular weight excluding hydrogens is 304 g/mol. The number of amides is 1. The maximum absolute atomic E-state index is 12.8. The fraction of sp³-hybridized carbons (Fsp3) is 0.722. The van der Waals surface area contributed by atoms with Crippen LogP contribution in [0.2, 0.25) is 0 Å². The zero-order valence-electron chi connectivity index (χ0n) is 15.2. The summed E-state index contributed by atoms with van der Waals surface area (Å²) in [4.78, 5) is 16.6. The molecule has 1 aromatic rings. The van der Waals surface area contributed by atoms with Gasteiger partial charge >= 0.3 is 0 Å². The van der Waals surface area contributed by atoms with Crippen molar-refractivity contribution in [2.45, 2.75) is 51.2 Å². The topological polar surface area (TPSA) is 58.6 Å². The van der Waals surface area contributed by atoms with Crippen molar-refractivity contribution in [2.24, 2.45) is 5.41 Å². The first-order valence-electron chi connectivity index (χ1n) is 8.89. The Kier molecular flexibility index (Phi) is 4.76. The fourth-order valence-electron chi connectivity index (χ4n) is 4.39. The monoisotopic (exact) mass is 332 g/mol. The van der Waals surface area contributed by atoms with Crippen LogP contribution in [-0.2, 0) is 4.74 Å². The third-order valence-corrected chi connectivity index (χ3v) is 5.76. The molecule has 3 rings (SSSR count). The molecule has 2 aliphatic rings. The maximum Gasteiger partial charge on any atom is 0.274 e. The van der Waals surface area contributed by atoms with E-state index < -0.39 is 0 Å². The van der Waals surface area contributed by atoms with Crippen LogP contribution in [0.5, 0.6) is 0 Å². The minimum Gasteiger partial charge on any atom is -0.378 e. The molecule has 0 radical (unpaired) electrons. The SMILES string of the molecule is CCO[C@H]1C[C@H](N(C)C(=O)c2ccc(N(C)C)nn2)C12CCCC2. The van der Waals surface area contributed by atoms with Gasteiger partial charge < -0.3 is 14.5 Å². The van der Waals surface area contributed by atoms with Gasteiger partial charge in [0, 0.05) is 39.2 Å². The summed E-state index contributed by atoms with van der Waals surface area (Å²) in [6.07, 6.45) is 6.02. The van der Waals surface area contributed by atoms with Crippen molar-refractivity contribution in [3.05, 3.63) is 17.8 Å². The molecule has 0 saturated heterocycles. The number of anilines is 1. The Morgan fingerprint density at radius 2 is 1.96 bits per heavy atom. The molecule has 2 fully saturated rings. The number of aromatic nitrogens is 2. The quantitative estimate of drug-likeness (QED) is 0.828. The summed E-state index contributed by atoms with van der Waals surface area (Å²) in [6.45, 7) is 2.79. The molecule has 2 atom stereocenters. The first kappa shape index (κ1) is 17.1. The molecule has 6 heteroatoms. The van der Waals surface area contributed by atoms with E-state index in [1.807, 2.05) is 43.9 Å². The van der Waals surface area contributed by atoms with Gasteiger partial charge in [-0.05, 0) is 38.3 Å². The second-order valence-corrected chi connectivity index (χ2v) is 7.22. The fourth-order valence-corrected chi connectivity index (χ4v) is 4.39. The standard InChI is InChI=1S/C18H28N4O2/c1-5-24-15-12-14(18(15)10-6-7-11-18)22(4)17(23)13-8-9-16(20-19-13)21(2)3/h8-9,14-15H,5-7,10-12H2,1-4H3/t14-,15-/m0/s1. The molecule has 6 nitrogen and oxygen atoms in total. The highest BCUT2D eigenvalue weighted by Gasteiger charge is 2.58. The van der Waals surface area contributed by atoms with Crippen LogP contribution in [-0.4, -0.2) is 60.9 Å². The van der Waals surface area contributed by atoms with Gasteiger partial charge in [0.05, 0.1) is 6.10 Å². The zero-order chi connectivity index (χ0) is 17.3. The molecule has 1 aromatic heterocycles. The van der Waals surface area contributed by atoms with Crippen LogP contribution < -0.4 is 4.90 Å². The molecule has 24 heavy (non-hydrogen) atoms. The Hall–Kier alpha value is -1.69. The number of nitrogens with zero attached hydrogens (tertiary/aromatic N) is 4. The van der Waals surface area contributed by atoms with E-state index in [1.54, 1.807) is 6.07 Å². The zero-order valence-corrected chi connectivity index (χ0v) is 15.2. The summed E-state index contributed by atoms with van der Waals surface area (Å²) < 4.78 is 5.95. The lowest BCUT2D eigenvalue weighted by Crippen LogP contribution is -2.64. The van der Waals surface area contributed by atoms with Gasteiger partial charge in [0.1, 0.15) is 0 Å². The first-order chi connectivity index (χ1) is 11.5. The van der Waals surface area contributed by atoms with E-state index in [9.17, 15) is 4.79 Å². The lowest BCUT2D eigenvalue weighted by Gasteiger charge is -2.56. The van der Waals surface area contributed by atoms with Crippen LogP contribution in [0.15, 0.2) is 12.1 Å². The number of carbonyl (C=O) groups is 1. The first-order valence-corrected chi connectivity index (χ1v) is 8.89. The average Bonchev–Trinajstić information content (AvgIpc) is 3.10. The Bertz CT molecular complexity index is 581. The highest BCUT2D eigenvalue weighted by atomic mass is 16.5. The minimum absolute atomic E-state index is 0.0426. The molecule has 0 aliphatic heterocycles. The predicted molar refractivity (Wildman–Crippen MR) is 93.2 cm³/mol. The van der Waals surface area contributed by atoms with E-state index in [0.717, 1.165) is 31.7 Å². The molecule has 1 spiro atoms. The summed E-state index contributed by atoms with van der Waals surface area (Å²) >= 11 is 0. The normalized spacial score (nSPS) is 24.7. The molecule has 0 bridgehead atoms. The Balaban J connectivity index is 1.73. The Morgan fingerprint density at radius 1 is 1.25 bits per heavy atom. The third-order valence-electron chi connectivity index (χ3n) is 5.76. The van der Waals surface area contributed by atoms with Crippen LogP contribution in [0.1, 0.15) is 49.5 Å². The van der Waals surface area contributed by atoms with E-state index in [0.29, 0.717) is 11.8 Å². The van der Waals surface area contributed by atoms with Crippen molar-refractivity contribution in [3.63, 3.8) is 0 Å². The van der Waals surface area contributed by atoms with E-state index in [2.05, 4.69) is 10.2 Å². The lowest BCUT2D eigenvalue weighted by atomic mass is 9.60. The van der Waals surface area contributed by atoms with Gasteiger partial charge in [-0.15, -0.1) is 10.2 Å². The van der Waals surface area contributed by atoms with E-state index in [4.69, 9.17) is 4.74 Å². The van der Waals surface area contributed by atoms with Crippen LogP contribution in [0.3, 0.4) is 0 Å². The molecule has 1 amide bonds. The van der Waals surface area contributed by atoms with Gasteiger partial charge in [-0.2, -0.15) is 0 Å². The number of hydrogen-bond donors (Lipinski definition) is 0. The molecule has 0 unspecified atom stereocenters. The minimum atomic E-state index is -0.0426. The smallest absolute Gasteiger partial charge is 0.274 e. The molecule has 2 aliphatic carbocycles. The van der Waals surface area contributed by atoms with Crippen molar-refractivity contribution in [3.8, 4) is 0 Å². The number of rotatable bonds is 5. The highest BCUT2D eigenvalue weighted by molar-refractivity contribution is 5.92. The van der Waals surface area contributed by atoms with E-state index in [-0.39, 0.29) is 17.4 Å². The van der Waals surface area contributed by atoms with Gasteiger partial charge in [-0.1, -0.05) is 12.8 Å². The van der Waals surface area contributed by atoms with Crippen LogP contribution in [0.25, 0.3) is 0 Å². The largest absolute Gasteiger partial charge is 0.378 e. The van der Waals surface area contributed by atoms with Crippen LogP contribution >= 0.6 is 0 Å². The van der Waals surface area contributed by atoms with Crippen LogP contribution in [0, 0.1) is 5.41 Å². The van der Waals surface area contributed by atoms with Crippen LogP contribution in [0.4, 0.5) is 5.82 Å². The molecule has 1 heterocycles. The summed E-state index contributed by atoms with van der Waals surface area (Å²) in [5.74, 6) is 0.709. The second kappa shape index (κ2) is 6.67. The summed E-state index contributed by atoms with van der Waals surface area (Å²) in [7, 11) is 5.71. The average molecular weight is 332 g/mol. The van der Waals surface area contributed by atoms with Gasteiger partial charge in [-0.25, -0.2) is 0 Å². The Labute approximate surface area is 144 Å². The second-order valence-electron chi connectivity index (χ2n) is 7.22. The molecule has 0 N–H and O–H groups in total.